The number of likely N-dealkylation sites (N-methyl/N-ethyl adjacent to an activating group) is 1. The Hall–Kier alpha value is -2.53. The molecule has 2 aromatic rings. The van der Waals surface area contributed by atoms with Gasteiger partial charge in [0.25, 0.3) is 5.91 Å². The van der Waals surface area contributed by atoms with Crippen molar-refractivity contribution in [1.82, 2.24) is 4.90 Å². The molecule has 0 saturated carbocycles. The lowest BCUT2D eigenvalue weighted by molar-refractivity contribution is 0.102. The van der Waals surface area contributed by atoms with Gasteiger partial charge < -0.3 is 20.7 Å². The van der Waals surface area contributed by atoms with Crippen molar-refractivity contribution < 1.29 is 9.53 Å². The fraction of sp³-hybridized carbons (Fsp3) is 0.316. The maximum atomic E-state index is 12.6. The zero-order chi connectivity index (χ0) is 17.7. The fourth-order valence-electron chi connectivity index (χ4n) is 2.26. The number of nitrogens with one attached hydrogen (secondary N) is 1. The zero-order valence-corrected chi connectivity index (χ0v) is 14.7. The lowest BCUT2D eigenvalue weighted by Gasteiger charge is -2.16. The van der Waals surface area contributed by atoms with Crippen molar-refractivity contribution in [2.24, 2.45) is 0 Å². The summed E-state index contributed by atoms with van der Waals surface area (Å²) in [5, 5.41) is 2.93. The number of carbonyl (C=O) groups is 1. The number of carbonyl (C=O) groups excluding carboxylic acids is 1. The van der Waals surface area contributed by atoms with Gasteiger partial charge in [-0.1, -0.05) is 12.1 Å². The highest BCUT2D eigenvalue weighted by Crippen LogP contribution is 2.27. The van der Waals surface area contributed by atoms with Crippen molar-refractivity contribution in [3.63, 3.8) is 0 Å². The fourth-order valence-corrected chi connectivity index (χ4v) is 2.26. The van der Waals surface area contributed by atoms with Gasteiger partial charge in [-0.05, 0) is 63.3 Å². The Kier molecular flexibility index (Phi) is 5.82. The summed E-state index contributed by atoms with van der Waals surface area (Å²) in [5.41, 5.74) is 9.54. The van der Waals surface area contributed by atoms with E-state index in [1.807, 2.05) is 57.1 Å². The van der Waals surface area contributed by atoms with E-state index in [1.54, 1.807) is 12.1 Å². The number of hydrogen-bond acceptors (Lipinski definition) is 4. The van der Waals surface area contributed by atoms with Gasteiger partial charge in [-0.3, -0.25) is 4.79 Å². The lowest BCUT2D eigenvalue weighted by atomic mass is 10.1. The summed E-state index contributed by atoms with van der Waals surface area (Å²) in [6.07, 6.45) is 0. The third kappa shape index (κ3) is 4.73. The Labute approximate surface area is 143 Å². The molecule has 0 aliphatic heterocycles. The lowest BCUT2D eigenvalue weighted by Crippen LogP contribution is -2.20. The van der Waals surface area contributed by atoms with Gasteiger partial charge in [-0.25, -0.2) is 0 Å². The second kappa shape index (κ2) is 7.84. The number of nitrogens with two attached hydrogens (primary N) is 1. The minimum Gasteiger partial charge on any atom is -0.490 e. The molecule has 1 amide bonds. The van der Waals surface area contributed by atoms with E-state index < -0.39 is 0 Å². The minimum absolute atomic E-state index is 0.193. The van der Waals surface area contributed by atoms with Crippen LogP contribution in [0, 0.1) is 13.8 Å². The smallest absolute Gasteiger partial charge is 0.256 e. The van der Waals surface area contributed by atoms with Crippen molar-refractivity contribution in [3.8, 4) is 5.75 Å². The van der Waals surface area contributed by atoms with E-state index >= 15 is 0 Å². The molecule has 0 heterocycles. The van der Waals surface area contributed by atoms with Crippen LogP contribution in [0.3, 0.4) is 0 Å². The average Bonchev–Trinajstić information content (AvgIpc) is 2.51. The SMILES string of the molecule is Cc1ccc(NC(=O)c2cc(N)ccc2C)c(OCCN(C)C)c1. The number of amides is 1. The average molecular weight is 327 g/mol. The van der Waals surface area contributed by atoms with E-state index in [2.05, 4.69) is 5.32 Å². The first-order valence-electron chi connectivity index (χ1n) is 7.92. The van der Waals surface area contributed by atoms with Gasteiger partial charge in [0.05, 0.1) is 5.69 Å². The summed E-state index contributed by atoms with van der Waals surface area (Å²) in [4.78, 5) is 14.6. The largest absolute Gasteiger partial charge is 0.490 e. The number of benzene rings is 2. The van der Waals surface area contributed by atoms with Gasteiger partial charge in [-0.2, -0.15) is 0 Å². The van der Waals surface area contributed by atoms with E-state index in [-0.39, 0.29) is 5.91 Å². The van der Waals surface area contributed by atoms with Crippen LogP contribution in [0.15, 0.2) is 36.4 Å². The van der Waals surface area contributed by atoms with Crippen molar-refractivity contribution >= 4 is 17.3 Å². The Morgan fingerprint density at radius 1 is 1.17 bits per heavy atom. The maximum Gasteiger partial charge on any atom is 0.256 e. The van der Waals surface area contributed by atoms with Crippen LogP contribution in [0.2, 0.25) is 0 Å². The van der Waals surface area contributed by atoms with Gasteiger partial charge in [0.1, 0.15) is 12.4 Å². The molecular weight excluding hydrogens is 302 g/mol. The molecule has 0 radical (unpaired) electrons. The van der Waals surface area contributed by atoms with Crippen LogP contribution in [0.25, 0.3) is 0 Å². The highest BCUT2D eigenvalue weighted by atomic mass is 16.5. The first-order valence-corrected chi connectivity index (χ1v) is 7.92. The molecule has 0 saturated heterocycles. The van der Waals surface area contributed by atoms with E-state index in [1.165, 1.54) is 0 Å². The van der Waals surface area contributed by atoms with Gasteiger partial charge >= 0.3 is 0 Å². The molecule has 0 fully saturated rings. The van der Waals surface area contributed by atoms with E-state index in [0.717, 1.165) is 17.7 Å². The molecule has 3 N–H and O–H groups in total. The quantitative estimate of drug-likeness (QED) is 0.800. The Balaban J connectivity index is 2.19. The van der Waals surface area contributed by atoms with Gasteiger partial charge in [0.2, 0.25) is 0 Å². The van der Waals surface area contributed by atoms with Crippen molar-refractivity contribution in [1.29, 1.82) is 0 Å². The molecular formula is C19H25N3O2. The molecule has 2 rings (SSSR count). The number of aryl methyl sites for hydroxylation is 2. The van der Waals surface area contributed by atoms with Crippen LogP contribution in [-0.2, 0) is 0 Å². The molecule has 2 aromatic carbocycles. The number of ether oxygens (including phenoxy) is 1. The van der Waals surface area contributed by atoms with Crippen LogP contribution in [0.4, 0.5) is 11.4 Å². The molecule has 5 heteroatoms. The minimum atomic E-state index is -0.193. The molecule has 0 aliphatic rings. The summed E-state index contributed by atoms with van der Waals surface area (Å²) in [6, 6.07) is 11.0. The number of nitrogens with zero attached hydrogens (tertiary/aromatic N) is 1. The Bertz CT molecular complexity index is 727. The molecule has 0 aromatic heterocycles. The molecule has 0 unspecified atom stereocenters. The summed E-state index contributed by atoms with van der Waals surface area (Å²) < 4.78 is 5.84. The molecule has 5 nitrogen and oxygen atoms in total. The second-order valence-corrected chi connectivity index (χ2v) is 6.18. The van der Waals surface area contributed by atoms with Crippen molar-refractivity contribution in [2.75, 3.05) is 38.3 Å². The number of rotatable bonds is 6. The predicted molar refractivity (Wildman–Crippen MR) is 98.8 cm³/mol. The number of anilines is 2. The Morgan fingerprint density at radius 2 is 1.92 bits per heavy atom. The van der Waals surface area contributed by atoms with Crippen molar-refractivity contribution in [3.05, 3.63) is 53.1 Å². The van der Waals surface area contributed by atoms with E-state index in [0.29, 0.717) is 29.3 Å². The third-order valence-corrected chi connectivity index (χ3v) is 3.69. The summed E-state index contributed by atoms with van der Waals surface area (Å²) in [5.74, 6) is 0.480. The summed E-state index contributed by atoms with van der Waals surface area (Å²) in [7, 11) is 3.98. The molecule has 0 atom stereocenters. The van der Waals surface area contributed by atoms with Crippen LogP contribution in [-0.4, -0.2) is 38.1 Å². The Morgan fingerprint density at radius 3 is 2.62 bits per heavy atom. The monoisotopic (exact) mass is 327 g/mol. The third-order valence-electron chi connectivity index (χ3n) is 3.69. The molecule has 0 spiro atoms. The number of nitrogen functional groups attached to an aromatic ring is 1. The summed E-state index contributed by atoms with van der Waals surface area (Å²) in [6.45, 7) is 5.23. The first-order chi connectivity index (χ1) is 11.4. The van der Waals surface area contributed by atoms with Gasteiger partial charge in [-0.15, -0.1) is 0 Å². The van der Waals surface area contributed by atoms with Crippen LogP contribution in [0.1, 0.15) is 21.5 Å². The molecule has 128 valence electrons. The van der Waals surface area contributed by atoms with Gasteiger partial charge in [0, 0.05) is 17.8 Å². The van der Waals surface area contributed by atoms with Crippen molar-refractivity contribution in [2.45, 2.75) is 13.8 Å². The summed E-state index contributed by atoms with van der Waals surface area (Å²) >= 11 is 0. The zero-order valence-electron chi connectivity index (χ0n) is 14.7. The molecule has 24 heavy (non-hydrogen) atoms. The van der Waals surface area contributed by atoms with Crippen LogP contribution in [0.5, 0.6) is 5.75 Å². The first kappa shape index (κ1) is 17.8. The molecule has 0 bridgehead atoms. The van der Waals surface area contributed by atoms with E-state index in [9.17, 15) is 4.79 Å². The van der Waals surface area contributed by atoms with Crippen LogP contribution >= 0.6 is 0 Å². The molecule has 0 aliphatic carbocycles. The van der Waals surface area contributed by atoms with E-state index in [4.69, 9.17) is 10.5 Å². The number of hydrogen-bond donors (Lipinski definition) is 2. The van der Waals surface area contributed by atoms with Crippen LogP contribution < -0.4 is 15.8 Å². The highest BCUT2D eigenvalue weighted by Gasteiger charge is 2.13. The maximum absolute atomic E-state index is 12.6. The normalized spacial score (nSPS) is 10.7. The second-order valence-electron chi connectivity index (χ2n) is 6.18. The van der Waals surface area contributed by atoms with Gasteiger partial charge in [0.15, 0.2) is 0 Å². The standard InChI is InChI=1S/C19H25N3O2/c1-13-5-8-17(18(11-13)24-10-9-22(3)4)21-19(23)16-12-15(20)7-6-14(16)2/h5-8,11-12H,9-10,20H2,1-4H3,(H,21,23). The topological polar surface area (TPSA) is 67.6 Å². The predicted octanol–water partition coefficient (Wildman–Crippen LogP) is 3.08. The highest BCUT2D eigenvalue weighted by molar-refractivity contribution is 6.06.